The molecule has 2 amide bonds. The molecule has 29 heavy (non-hydrogen) atoms. The monoisotopic (exact) mass is 394 g/mol. The molecule has 1 N–H and O–H groups in total. The normalized spacial score (nSPS) is 35.6. The van der Waals surface area contributed by atoms with E-state index in [4.69, 9.17) is 0 Å². The van der Waals surface area contributed by atoms with Gasteiger partial charge in [-0.25, -0.2) is 0 Å². The van der Waals surface area contributed by atoms with Crippen LogP contribution in [0.4, 0.5) is 0 Å². The van der Waals surface area contributed by atoms with Crippen molar-refractivity contribution in [1.82, 2.24) is 10.2 Å². The number of rotatable bonds is 5. The van der Waals surface area contributed by atoms with Gasteiger partial charge in [-0.15, -0.1) is 0 Å². The third-order valence-corrected chi connectivity index (χ3v) is 7.92. The number of likely N-dealkylation sites (tertiary alicyclic amines) is 1. The van der Waals surface area contributed by atoms with Crippen molar-refractivity contribution < 1.29 is 14.4 Å². The fourth-order valence-corrected chi connectivity index (χ4v) is 6.97. The summed E-state index contributed by atoms with van der Waals surface area (Å²) in [6.45, 7) is 1.12. The van der Waals surface area contributed by atoms with Gasteiger partial charge in [0.2, 0.25) is 5.91 Å². The first-order chi connectivity index (χ1) is 14.0. The molecular formula is C24H30N2O3. The first-order valence-electron chi connectivity index (χ1n) is 11.2. The van der Waals surface area contributed by atoms with Gasteiger partial charge in [0.1, 0.15) is 0 Å². The van der Waals surface area contributed by atoms with Crippen LogP contribution in [0.5, 0.6) is 0 Å². The predicted octanol–water partition coefficient (Wildman–Crippen LogP) is 3.19. The zero-order chi connectivity index (χ0) is 20.0. The largest absolute Gasteiger partial charge is 0.298 e. The molecule has 4 aliphatic carbocycles. The van der Waals surface area contributed by atoms with E-state index in [1.165, 1.54) is 19.3 Å². The van der Waals surface area contributed by atoms with Gasteiger partial charge in [-0.2, -0.15) is 0 Å². The van der Waals surface area contributed by atoms with E-state index in [9.17, 15) is 14.4 Å². The highest BCUT2D eigenvalue weighted by molar-refractivity contribution is 6.06. The number of hydrogen-bond donors (Lipinski definition) is 1. The molecule has 0 aromatic heterocycles. The van der Waals surface area contributed by atoms with Gasteiger partial charge < -0.3 is 0 Å². The van der Waals surface area contributed by atoms with Crippen LogP contribution in [-0.2, 0) is 9.59 Å². The Bertz CT molecular complexity index is 783. The van der Waals surface area contributed by atoms with Crippen molar-refractivity contribution in [1.29, 1.82) is 0 Å². The van der Waals surface area contributed by atoms with E-state index < -0.39 is 0 Å². The molecule has 6 rings (SSSR count). The van der Waals surface area contributed by atoms with Crippen LogP contribution in [0.3, 0.4) is 0 Å². The van der Waals surface area contributed by atoms with Gasteiger partial charge in [0.15, 0.2) is 5.78 Å². The van der Waals surface area contributed by atoms with Crippen LogP contribution in [0, 0.1) is 23.2 Å². The van der Waals surface area contributed by atoms with Crippen LogP contribution < -0.4 is 5.32 Å². The third-order valence-electron chi connectivity index (χ3n) is 7.92. The number of hydrogen-bond acceptors (Lipinski definition) is 4. The minimum Gasteiger partial charge on any atom is -0.298 e. The predicted molar refractivity (Wildman–Crippen MR) is 109 cm³/mol. The van der Waals surface area contributed by atoms with E-state index in [1.807, 2.05) is 11.0 Å². The third kappa shape index (κ3) is 3.54. The Morgan fingerprint density at radius 3 is 2.21 bits per heavy atom. The maximum absolute atomic E-state index is 13.4. The number of imide groups is 1. The maximum Gasteiger partial charge on any atom is 0.257 e. The topological polar surface area (TPSA) is 66.5 Å². The molecule has 1 aromatic carbocycles. The summed E-state index contributed by atoms with van der Waals surface area (Å²) in [6, 6.07) is 8.43. The molecule has 1 saturated heterocycles. The second kappa shape index (κ2) is 7.35. The molecule has 4 saturated carbocycles. The number of benzene rings is 1. The van der Waals surface area contributed by atoms with Crippen LogP contribution >= 0.6 is 0 Å². The minimum absolute atomic E-state index is 0.127. The molecule has 4 bridgehead atoms. The van der Waals surface area contributed by atoms with Crippen molar-refractivity contribution in [2.45, 2.75) is 57.4 Å². The van der Waals surface area contributed by atoms with Gasteiger partial charge in [0, 0.05) is 11.0 Å². The average molecular weight is 395 g/mol. The molecule has 5 aliphatic rings. The fraction of sp³-hybridized carbons (Fsp3) is 0.625. The van der Waals surface area contributed by atoms with Crippen molar-refractivity contribution in [2.75, 3.05) is 13.1 Å². The Labute approximate surface area is 172 Å². The summed E-state index contributed by atoms with van der Waals surface area (Å²) < 4.78 is 0. The number of amides is 2. The first-order valence-corrected chi connectivity index (χ1v) is 11.2. The van der Waals surface area contributed by atoms with Crippen molar-refractivity contribution in [2.24, 2.45) is 23.2 Å². The lowest BCUT2D eigenvalue weighted by atomic mass is 9.48. The number of carbonyl (C=O) groups is 3. The molecule has 1 atom stereocenters. The van der Waals surface area contributed by atoms with Crippen LogP contribution in [-0.4, -0.2) is 41.6 Å². The van der Waals surface area contributed by atoms with Crippen molar-refractivity contribution in [3.8, 4) is 0 Å². The summed E-state index contributed by atoms with van der Waals surface area (Å²) >= 11 is 0. The molecule has 1 aliphatic heterocycles. The quantitative estimate of drug-likeness (QED) is 0.779. The van der Waals surface area contributed by atoms with Gasteiger partial charge in [-0.3, -0.25) is 24.6 Å². The van der Waals surface area contributed by atoms with Crippen molar-refractivity contribution in [3.63, 3.8) is 0 Å². The van der Waals surface area contributed by atoms with Gasteiger partial charge >= 0.3 is 0 Å². The minimum atomic E-state index is -0.375. The number of ketones is 1. The van der Waals surface area contributed by atoms with Gasteiger partial charge in [-0.05, 0) is 87.8 Å². The second-order valence-electron chi connectivity index (χ2n) is 9.93. The summed E-state index contributed by atoms with van der Waals surface area (Å²) in [4.78, 5) is 40.6. The Hall–Kier alpha value is -2.01. The highest BCUT2D eigenvalue weighted by Crippen LogP contribution is 2.60. The zero-order valence-corrected chi connectivity index (χ0v) is 16.9. The Balaban J connectivity index is 1.24. The standard InChI is InChI=1S/C24H30N2O3/c27-21(24-12-16-9-17(13-24)11-18(10-16)14-24)15-26-8-4-7-20(26)23(29)25-22(28)19-5-2-1-3-6-19/h1-3,5-6,16-18,20H,4,7-15H2,(H,25,28,29)/t16?,17?,18?,20-,24?/m1/s1. The van der Waals surface area contributed by atoms with Crippen LogP contribution in [0.2, 0.25) is 0 Å². The van der Waals surface area contributed by atoms with Crippen LogP contribution in [0.15, 0.2) is 30.3 Å². The summed E-state index contributed by atoms with van der Waals surface area (Å²) in [5.41, 5.74) is 0.355. The summed E-state index contributed by atoms with van der Waals surface area (Å²) in [5, 5.41) is 2.55. The SMILES string of the molecule is O=C(NC(=O)[C@H]1CCCN1CC(=O)C12CC3CC(CC(C3)C1)C2)c1ccccc1. The van der Waals surface area contributed by atoms with Gasteiger partial charge in [0.05, 0.1) is 12.6 Å². The van der Waals surface area contributed by atoms with E-state index >= 15 is 0 Å². The van der Waals surface area contributed by atoms with Gasteiger partial charge in [0.25, 0.3) is 5.91 Å². The number of carbonyl (C=O) groups excluding carboxylic acids is 3. The van der Waals surface area contributed by atoms with Crippen molar-refractivity contribution >= 4 is 17.6 Å². The summed E-state index contributed by atoms with van der Waals surface area (Å²) in [5.74, 6) is 1.94. The van der Waals surface area contributed by atoms with E-state index in [1.54, 1.807) is 24.3 Å². The highest BCUT2D eigenvalue weighted by Gasteiger charge is 2.54. The van der Waals surface area contributed by atoms with E-state index in [0.29, 0.717) is 24.3 Å². The number of nitrogens with zero attached hydrogens (tertiary/aromatic N) is 1. The Kier molecular flexibility index (Phi) is 4.81. The molecule has 0 unspecified atom stereocenters. The average Bonchev–Trinajstić information content (AvgIpc) is 3.16. The molecule has 0 radical (unpaired) electrons. The van der Waals surface area contributed by atoms with Gasteiger partial charge in [-0.1, -0.05) is 18.2 Å². The molecular weight excluding hydrogens is 364 g/mol. The second-order valence-corrected chi connectivity index (χ2v) is 9.93. The lowest BCUT2D eigenvalue weighted by Crippen LogP contribution is -2.54. The molecule has 5 fully saturated rings. The molecule has 5 heteroatoms. The summed E-state index contributed by atoms with van der Waals surface area (Å²) in [6.07, 6.45) is 8.77. The van der Waals surface area contributed by atoms with Crippen LogP contribution in [0.1, 0.15) is 61.7 Å². The lowest BCUT2D eigenvalue weighted by molar-refractivity contribution is -0.145. The Morgan fingerprint density at radius 2 is 1.59 bits per heavy atom. The number of nitrogens with one attached hydrogen (secondary N) is 1. The van der Waals surface area contributed by atoms with E-state index in [0.717, 1.165) is 50.0 Å². The molecule has 0 spiro atoms. The lowest BCUT2D eigenvalue weighted by Gasteiger charge is -2.56. The molecule has 1 heterocycles. The first kappa shape index (κ1) is 19.0. The Morgan fingerprint density at radius 1 is 0.966 bits per heavy atom. The smallest absolute Gasteiger partial charge is 0.257 e. The zero-order valence-electron chi connectivity index (χ0n) is 16.9. The molecule has 5 nitrogen and oxygen atoms in total. The molecule has 154 valence electrons. The fourth-order valence-electron chi connectivity index (χ4n) is 6.97. The number of Topliss-reactive ketones (excluding diaryl/α,β-unsaturated/α-hetero) is 1. The van der Waals surface area contributed by atoms with E-state index in [2.05, 4.69) is 5.32 Å². The highest BCUT2D eigenvalue weighted by atomic mass is 16.2. The molecule has 1 aromatic rings. The van der Waals surface area contributed by atoms with Crippen molar-refractivity contribution in [3.05, 3.63) is 35.9 Å². The van der Waals surface area contributed by atoms with Crippen LogP contribution in [0.25, 0.3) is 0 Å². The van der Waals surface area contributed by atoms with E-state index in [-0.39, 0.29) is 23.3 Å². The summed E-state index contributed by atoms with van der Waals surface area (Å²) in [7, 11) is 0. The maximum atomic E-state index is 13.4.